The Morgan fingerprint density at radius 3 is 2.69 bits per heavy atom. The highest BCUT2D eigenvalue weighted by molar-refractivity contribution is 14.0. The van der Waals surface area contributed by atoms with Gasteiger partial charge in [0.15, 0.2) is 5.96 Å². The molecule has 1 aliphatic rings. The number of aliphatic imine (C=N–C) groups is 1. The predicted molar refractivity (Wildman–Crippen MR) is 126 cm³/mol. The monoisotopic (exact) mass is 511 g/mol. The van der Waals surface area contributed by atoms with Crippen LogP contribution in [0.2, 0.25) is 0 Å². The van der Waals surface area contributed by atoms with Gasteiger partial charge < -0.3 is 20.1 Å². The van der Waals surface area contributed by atoms with E-state index >= 15 is 0 Å². The molecule has 0 unspecified atom stereocenters. The molecule has 2 heterocycles. The molecule has 2 N–H and O–H groups in total. The number of halogens is 1. The second kappa shape index (κ2) is 13.3. The topological polar surface area (TPSA) is 71.0 Å². The fourth-order valence-electron chi connectivity index (χ4n) is 2.97. The van der Waals surface area contributed by atoms with Crippen LogP contribution in [-0.4, -0.2) is 62.3 Å². The fourth-order valence-corrected chi connectivity index (χ4v) is 2.97. The molecule has 1 fully saturated rings. The van der Waals surface area contributed by atoms with Gasteiger partial charge in [0.2, 0.25) is 5.88 Å². The summed E-state index contributed by atoms with van der Waals surface area (Å²) in [5.41, 5.74) is 2.11. The van der Waals surface area contributed by atoms with Gasteiger partial charge in [-0.05, 0) is 11.6 Å². The highest BCUT2D eigenvalue weighted by Crippen LogP contribution is 2.15. The maximum absolute atomic E-state index is 5.92. The van der Waals surface area contributed by atoms with E-state index in [1.807, 2.05) is 42.5 Å². The number of rotatable bonds is 8. The van der Waals surface area contributed by atoms with Crippen LogP contribution in [0.3, 0.4) is 0 Å². The molecule has 0 radical (unpaired) electrons. The van der Waals surface area contributed by atoms with E-state index in [1.54, 1.807) is 13.2 Å². The van der Waals surface area contributed by atoms with Crippen molar-refractivity contribution in [1.29, 1.82) is 0 Å². The zero-order valence-corrected chi connectivity index (χ0v) is 19.2. The van der Waals surface area contributed by atoms with Gasteiger partial charge in [0.05, 0.1) is 13.2 Å². The van der Waals surface area contributed by atoms with Crippen molar-refractivity contribution in [2.24, 2.45) is 4.99 Å². The summed E-state index contributed by atoms with van der Waals surface area (Å²) in [5, 5.41) is 6.70. The fraction of sp³-hybridized carbons (Fsp3) is 0.429. The van der Waals surface area contributed by atoms with Gasteiger partial charge in [-0.3, -0.25) is 9.89 Å². The van der Waals surface area contributed by atoms with E-state index < -0.39 is 0 Å². The summed E-state index contributed by atoms with van der Waals surface area (Å²) in [6.07, 6.45) is 1.75. The van der Waals surface area contributed by atoms with Crippen LogP contribution in [0.15, 0.2) is 53.7 Å². The lowest BCUT2D eigenvalue weighted by Gasteiger charge is -2.26. The first kappa shape index (κ1) is 23.4. The summed E-state index contributed by atoms with van der Waals surface area (Å²) < 4.78 is 11.3. The highest BCUT2D eigenvalue weighted by Gasteiger charge is 2.10. The molecule has 0 aliphatic carbocycles. The van der Waals surface area contributed by atoms with Crippen molar-refractivity contribution < 1.29 is 9.47 Å². The molecule has 1 aromatic heterocycles. The van der Waals surface area contributed by atoms with Crippen LogP contribution < -0.4 is 15.4 Å². The lowest BCUT2D eigenvalue weighted by Crippen LogP contribution is -2.44. The van der Waals surface area contributed by atoms with Crippen LogP contribution in [0.4, 0.5) is 0 Å². The van der Waals surface area contributed by atoms with Gasteiger partial charge in [-0.1, -0.05) is 36.4 Å². The molecule has 1 aromatic carbocycles. The van der Waals surface area contributed by atoms with Gasteiger partial charge in [0, 0.05) is 51.5 Å². The van der Waals surface area contributed by atoms with Crippen molar-refractivity contribution in [3.8, 4) is 5.88 Å². The molecule has 7 nitrogen and oxygen atoms in total. The van der Waals surface area contributed by atoms with Crippen molar-refractivity contribution in [2.45, 2.75) is 13.2 Å². The van der Waals surface area contributed by atoms with Crippen molar-refractivity contribution >= 4 is 29.9 Å². The maximum atomic E-state index is 5.92. The van der Waals surface area contributed by atoms with Gasteiger partial charge in [-0.25, -0.2) is 4.98 Å². The third-order valence-corrected chi connectivity index (χ3v) is 4.56. The first-order chi connectivity index (χ1) is 13.8. The summed E-state index contributed by atoms with van der Waals surface area (Å²) >= 11 is 0. The van der Waals surface area contributed by atoms with E-state index in [4.69, 9.17) is 9.47 Å². The van der Waals surface area contributed by atoms with E-state index in [9.17, 15) is 0 Å². The Hall–Kier alpha value is -1.91. The summed E-state index contributed by atoms with van der Waals surface area (Å²) in [4.78, 5) is 11.1. The molecule has 0 spiro atoms. The van der Waals surface area contributed by atoms with E-state index in [0.29, 0.717) is 19.0 Å². The predicted octanol–water partition coefficient (Wildman–Crippen LogP) is 2.28. The first-order valence-corrected chi connectivity index (χ1v) is 9.70. The Labute approximate surface area is 189 Å². The smallest absolute Gasteiger partial charge is 0.218 e. The lowest BCUT2D eigenvalue weighted by molar-refractivity contribution is 0.0389. The first-order valence-electron chi connectivity index (χ1n) is 9.70. The number of pyridine rings is 1. The number of morpholine rings is 1. The number of nitrogens with zero attached hydrogens (tertiary/aromatic N) is 3. The summed E-state index contributed by atoms with van der Waals surface area (Å²) in [6, 6.07) is 14.0. The molecule has 8 heteroatoms. The van der Waals surface area contributed by atoms with E-state index in [2.05, 4.69) is 25.5 Å². The van der Waals surface area contributed by atoms with Crippen molar-refractivity contribution in [3.05, 3.63) is 59.8 Å². The number of hydrogen-bond donors (Lipinski definition) is 2. The Balaban J connectivity index is 0.00000300. The summed E-state index contributed by atoms with van der Waals surface area (Å²) in [6.45, 7) is 6.52. The molecule has 158 valence electrons. The van der Waals surface area contributed by atoms with E-state index in [-0.39, 0.29) is 24.0 Å². The molecule has 0 atom stereocenters. The zero-order chi connectivity index (χ0) is 19.4. The lowest BCUT2D eigenvalue weighted by atomic mass is 10.2. The largest absolute Gasteiger partial charge is 0.473 e. The molecule has 0 amide bonds. The molecule has 29 heavy (non-hydrogen) atoms. The molecule has 2 aromatic rings. The van der Waals surface area contributed by atoms with Gasteiger partial charge in [-0.2, -0.15) is 0 Å². The molecule has 1 aliphatic heterocycles. The number of nitrogens with one attached hydrogen (secondary N) is 2. The maximum Gasteiger partial charge on any atom is 0.218 e. The molecule has 0 saturated carbocycles. The second-order valence-electron chi connectivity index (χ2n) is 6.55. The number of aromatic nitrogens is 1. The van der Waals surface area contributed by atoms with E-state index in [1.165, 1.54) is 0 Å². The number of guanidine groups is 1. The van der Waals surface area contributed by atoms with Crippen LogP contribution in [0, 0.1) is 0 Å². The second-order valence-corrected chi connectivity index (χ2v) is 6.55. The molecular formula is C21H30IN5O2. The zero-order valence-electron chi connectivity index (χ0n) is 16.8. The quantitative estimate of drug-likeness (QED) is 0.322. The Morgan fingerprint density at radius 1 is 1.14 bits per heavy atom. The Bertz CT molecular complexity index is 739. The van der Waals surface area contributed by atoms with Gasteiger partial charge in [0.25, 0.3) is 0 Å². The standard InChI is InChI=1S/C21H29N5O2.HI/c1-22-21(24-10-11-26-12-14-27-15-13-26)25-16-19-8-5-9-23-20(19)28-17-18-6-3-2-4-7-18;/h2-9H,10-17H2,1H3,(H2,22,24,25);1H. The summed E-state index contributed by atoms with van der Waals surface area (Å²) in [5.74, 6) is 1.41. The highest BCUT2D eigenvalue weighted by atomic mass is 127. The number of benzene rings is 1. The van der Waals surface area contributed by atoms with Crippen molar-refractivity contribution in [2.75, 3.05) is 46.4 Å². The minimum atomic E-state index is 0. The van der Waals surface area contributed by atoms with Gasteiger partial charge >= 0.3 is 0 Å². The van der Waals surface area contributed by atoms with Crippen molar-refractivity contribution in [3.63, 3.8) is 0 Å². The van der Waals surface area contributed by atoms with Crippen LogP contribution in [0.1, 0.15) is 11.1 Å². The third kappa shape index (κ3) is 8.15. The molecule has 0 bridgehead atoms. The normalized spacial score (nSPS) is 14.7. The molecule has 3 rings (SSSR count). The van der Waals surface area contributed by atoms with Gasteiger partial charge in [-0.15, -0.1) is 24.0 Å². The average Bonchev–Trinajstić information content (AvgIpc) is 2.76. The number of ether oxygens (including phenoxy) is 2. The molecular weight excluding hydrogens is 481 g/mol. The van der Waals surface area contributed by atoms with Gasteiger partial charge in [0.1, 0.15) is 6.61 Å². The average molecular weight is 511 g/mol. The van der Waals surface area contributed by atoms with E-state index in [0.717, 1.165) is 56.5 Å². The van der Waals surface area contributed by atoms with Crippen LogP contribution >= 0.6 is 24.0 Å². The van der Waals surface area contributed by atoms with Crippen LogP contribution in [0.25, 0.3) is 0 Å². The van der Waals surface area contributed by atoms with Crippen LogP contribution in [-0.2, 0) is 17.9 Å². The minimum Gasteiger partial charge on any atom is -0.473 e. The SMILES string of the molecule is CN=C(NCCN1CCOCC1)NCc1cccnc1OCc1ccccc1.I. The Kier molecular flexibility index (Phi) is 10.7. The van der Waals surface area contributed by atoms with Crippen LogP contribution in [0.5, 0.6) is 5.88 Å². The number of hydrogen-bond acceptors (Lipinski definition) is 5. The van der Waals surface area contributed by atoms with Crippen molar-refractivity contribution in [1.82, 2.24) is 20.5 Å². The third-order valence-electron chi connectivity index (χ3n) is 4.56. The molecule has 1 saturated heterocycles. The Morgan fingerprint density at radius 2 is 1.93 bits per heavy atom. The summed E-state index contributed by atoms with van der Waals surface area (Å²) in [7, 11) is 1.78. The minimum absolute atomic E-state index is 0.